The van der Waals surface area contributed by atoms with Crippen molar-refractivity contribution in [2.75, 3.05) is 25.6 Å². The lowest BCUT2D eigenvalue weighted by atomic mass is 10.1. The number of carbonyl (C=O) groups excluding carboxylic acids is 1. The van der Waals surface area contributed by atoms with Gasteiger partial charge in [-0.1, -0.05) is 24.3 Å². The molecule has 0 aliphatic heterocycles. The minimum atomic E-state index is -0.291. The third-order valence-electron chi connectivity index (χ3n) is 3.86. The van der Waals surface area contributed by atoms with Gasteiger partial charge in [0.05, 0.1) is 19.3 Å². The van der Waals surface area contributed by atoms with Gasteiger partial charge in [-0.25, -0.2) is 4.79 Å². The smallest absolute Gasteiger partial charge is 0.319 e. The Labute approximate surface area is 143 Å². The highest BCUT2D eigenvalue weighted by atomic mass is 16.5. The summed E-state index contributed by atoms with van der Waals surface area (Å²) in [6.45, 7) is 6.93. The van der Waals surface area contributed by atoms with Crippen molar-refractivity contribution in [3.05, 3.63) is 53.1 Å². The molecule has 0 heterocycles. The van der Waals surface area contributed by atoms with Crippen LogP contribution in [-0.2, 0) is 0 Å². The fraction of sp³-hybridized carbons (Fsp3) is 0.316. The Morgan fingerprint density at radius 2 is 1.75 bits per heavy atom. The number of amides is 2. The number of carbonyl (C=O) groups is 1. The number of ether oxygens (including phenoxy) is 2. The van der Waals surface area contributed by atoms with E-state index in [4.69, 9.17) is 9.47 Å². The van der Waals surface area contributed by atoms with E-state index in [1.807, 2.05) is 32.0 Å². The van der Waals surface area contributed by atoms with Gasteiger partial charge in [-0.2, -0.15) is 0 Å². The predicted octanol–water partition coefficient (Wildman–Crippen LogP) is 3.82. The number of para-hydroxylation sites is 2. The maximum Gasteiger partial charge on any atom is 0.319 e. The Morgan fingerprint density at radius 1 is 1.04 bits per heavy atom. The van der Waals surface area contributed by atoms with E-state index in [1.54, 1.807) is 19.2 Å². The average Bonchev–Trinajstić information content (AvgIpc) is 2.58. The van der Waals surface area contributed by atoms with Gasteiger partial charge in [-0.15, -0.1) is 0 Å². The van der Waals surface area contributed by atoms with Crippen molar-refractivity contribution in [1.29, 1.82) is 0 Å². The summed E-state index contributed by atoms with van der Waals surface area (Å²) < 4.78 is 11.0. The molecular formula is C19H24N2O3. The number of nitrogens with one attached hydrogen (secondary N) is 2. The van der Waals surface area contributed by atoms with Gasteiger partial charge in [0.15, 0.2) is 0 Å². The van der Waals surface area contributed by atoms with Gasteiger partial charge >= 0.3 is 6.03 Å². The van der Waals surface area contributed by atoms with Gasteiger partial charge in [0.25, 0.3) is 0 Å². The number of hydrogen-bond donors (Lipinski definition) is 2. The van der Waals surface area contributed by atoms with E-state index in [9.17, 15) is 4.79 Å². The van der Waals surface area contributed by atoms with Gasteiger partial charge in [0.1, 0.15) is 18.1 Å². The number of hydrogen-bond acceptors (Lipinski definition) is 3. The molecule has 0 bridgehead atoms. The molecule has 0 saturated carbocycles. The summed E-state index contributed by atoms with van der Waals surface area (Å²) in [6, 6.07) is 11.1. The van der Waals surface area contributed by atoms with Crippen LogP contribution in [0.15, 0.2) is 36.4 Å². The first-order valence-corrected chi connectivity index (χ1v) is 7.90. The highest BCUT2D eigenvalue weighted by Gasteiger charge is 2.08. The Kier molecular flexibility index (Phi) is 6.07. The predicted molar refractivity (Wildman–Crippen MR) is 96.2 cm³/mol. The molecule has 0 atom stereocenters. The van der Waals surface area contributed by atoms with E-state index in [2.05, 4.69) is 23.6 Å². The minimum Gasteiger partial charge on any atom is -0.495 e. The number of methoxy groups -OCH3 is 1. The SMILES string of the molecule is COc1ccccc1NC(=O)NCCOc1c(C)ccc(C)c1C. The summed E-state index contributed by atoms with van der Waals surface area (Å²) in [4.78, 5) is 11.9. The standard InChI is InChI=1S/C19H24N2O3/c1-13-9-10-14(2)18(15(13)3)24-12-11-20-19(22)21-16-7-5-6-8-17(16)23-4/h5-10H,11-12H2,1-4H3,(H2,20,21,22). The summed E-state index contributed by atoms with van der Waals surface area (Å²) >= 11 is 0. The number of aryl methyl sites for hydroxylation is 2. The highest BCUT2D eigenvalue weighted by molar-refractivity contribution is 5.90. The fourth-order valence-corrected chi connectivity index (χ4v) is 2.38. The van der Waals surface area contributed by atoms with Crippen LogP contribution < -0.4 is 20.1 Å². The molecule has 0 unspecified atom stereocenters. The van der Waals surface area contributed by atoms with Crippen molar-refractivity contribution < 1.29 is 14.3 Å². The molecule has 24 heavy (non-hydrogen) atoms. The van der Waals surface area contributed by atoms with Crippen LogP contribution in [0.1, 0.15) is 16.7 Å². The van der Waals surface area contributed by atoms with Crippen LogP contribution in [-0.4, -0.2) is 26.3 Å². The normalized spacial score (nSPS) is 10.2. The molecule has 5 heteroatoms. The molecule has 0 aliphatic carbocycles. The van der Waals surface area contributed by atoms with Gasteiger partial charge in [-0.05, 0) is 49.6 Å². The molecule has 0 saturated heterocycles. The summed E-state index contributed by atoms with van der Waals surface area (Å²) in [5, 5.41) is 5.54. The third kappa shape index (κ3) is 4.41. The Balaban J connectivity index is 1.82. The van der Waals surface area contributed by atoms with Crippen LogP contribution in [0.5, 0.6) is 11.5 Å². The summed E-state index contributed by atoms with van der Waals surface area (Å²) in [7, 11) is 1.57. The zero-order chi connectivity index (χ0) is 17.5. The molecule has 0 radical (unpaired) electrons. The minimum absolute atomic E-state index is 0.291. The zero-order valence-corrected chi connectivity index (χ0v) is 14.6. The summed E-state index contributed by atoms with van der Waals surface area (Å²) in [5.41, 5.74) is 4.05. The third-order valence-corrected chi connectivity index (χ3v) is 3.86. The number of urea groups is 1. The van der Waals surface area contributed by atoms with Crippen LogP contribution in [0.4, 0.5) is 10.5 Å². The van der Waals surface area contributed by atoms with E-state index < -0.39 is 0 Å². The molecule has 128 valence electrons. The van der Waals surface area contributed by atoms with Crippen LogP contribution in [0, 0.1) is 20.8 Å². The first kappa shape index (κ1) is 17.7. The van der Waals surface area contributed by atoms with Crippen LogP contribution in [0.25, 0.3) is 0 Å². The Morgan fingerprint density at radius 3 is 2.50 bits per heavy atom. The van der Waals surface area contributed by atoms with E-state index in [0.29, 0.717) is 24.6 Å². The molecule has 0 spiro atoms. The zero-order valence-electron chi connectivity index (χ0n) is 14.6. The molecule has 0 aliphatic rings. The second-order valence-electron chi connectivity index (χ2n) is 5.58. The molecule has 2 amide bonds. The van der Waals surface area contributed by atoms with Crippen LogP contribution in [0.2, 0.25) is 0 Å². The van der Waals surface area contributed by atoms with Gasteiger partial charge in [-0.3, -0.25) is 0 Å². The molecule has 0 fully saturated rings. The van der Waals surface area contributed by atoms with Gasteiger partial charge in [0, 0.05) is 0 Å². The van der Waals surface area contributed by atoms with E-state index in [-0.39, 0.29) is 6.03 Å². The second kappa shape index (κ2) is 8.24. The molecule has 5 nitrogen and oxygen atoms in total. The first-order chi connectivity index (χ1) is 11.5. The van der Waals surface area contributed by atoms with Gasteiger partial charge in [0.2, 0.25) is 0 Å². The van der Waals surface area contributed by atoms with E-state index in [1.165, 1.54) is 5.56 Å². The van der Waals surface area contributed by atoms with E-state index in [0.717, 1.165) is 16.9 Å². The summed E-state index contributed by atoms with van der Waals surface area (Å²) in [6.07, 6.45) is 0. The lowest BCUT2D eigenvalue weighted by Gasteiger charge is -2.15. The van der Waals surface area contributed by atoms with Crippen LogP contribution in [0.3, 0.4) is 0 Å². The lowest BCUT2D eigenvalue weighted by Crippen LogP contribution is -2.32. The maximum atomic E-state index is 11.9. The molecule has 2 N–H and O–H groups in total. The number of rotatable bonds is 6. The Bertz CT molecular complexity index is 714. The topological polar surface area (TPSA) is 59.6 Å². The van der Waals surface area contributed by atoms with Crippen molar-refractivity contribution in [1.82, 2.24) is 5.32 Å². The maximum absolute atomic E-state index is 11.9. The van der Waals surface area contributed by atoms with Crippen molar-refractivity contribution in [2.24, 2.45) is 0 Å². The molecular weight excluding hydrogens is 304 g/mol. The van der Waals surface area contributed by atoms with Gasteiger partial charge < -0.3 is 20.1 Å². The Hall–Kier alpha value is -2.69. The average molecular weight is 328 g/mol. The lowest BCUT2D eigenvalue weighted by molar-refractivity contribution is 0.247. The second-order valence-corrected chi connectivity index (χ2v) is 5.58. The number of benzene rings is 2. The molecule has 0 aromatic heterocycles. The van der Waals surface area contributed by atoms with E-state index >= 15 is 0 Å². The fourth-order valence-electron chi connectivity index (χ4n) is 2.38. The largest absolute Gasteiger partial charge is 0.495 e. The first-order valence-electron chi connectivity index (χ1n) is 7.90. The van der Waals surface area contributed by atoms with Crippen molar-refractivity contribution in [2.45, 2.75) is 20.8 Å². The number of anilines is 1. The van der Waals surface area contributed by atoms with Crippen molar-refractivity contribution in [3.8, 4) is 11.5 Å². The quantitative estimate of drug-likeness (QED) is 0.793. The molecule has 2 aromatic carbocycles. The molecule has 2 rings (SSSR count). The highest BCUT2D eigenvalue weighted by Crippen LogP contribution is 2.25. The van der Waals surface area contributed by atoms with Crippen molar-refractivity contribution >= 4 is 11.7 Å². The monoisotopic (exact) mass is 328 g/mol. The van der Waals surface area contributed by atoms with Crippen LogP contribution >= 0.6 is 0 Å². The molecule has 2 aromatic rings. The summed E-state index contributed by atoms with van der Waals surface area (Å²) in [5.74, 6) is 1.51. The van der Waals surface area contributed by atoms with Crippen molar-refractivity contribution in [3.63, 3.8) is 0 Å².